The van der Waals surface area contributed by atoms with Crippen molar-refractivity contribution in [2.24, 2.45) is 0 Å². The van der Waals surface area contributed by atoms with Crippen molar-refractivity contribution < 1.29 is 18.0 Å². The normalized spacial score (nSPS) is 19.2. The van der Waals surface area contributed by atoms with Crippen LogP contribution in [0.4, 0.5) is 5.69 Å². The molecular weight excluding hydrogens is 458 g/mol. The molecule has 2 unspecified atom stereocenters. The molecule has 9 heteroatoms. The maximum atomic E-state index is 13.2. The number of amides is 2. The third kappa shape index (κ3) is 5.00. The van der Waals surface area contributed by atoms with Gasteiger partial charge in [-0.2, -0.15) is 4.31 Å². The Morgan fingerprint density at radius 2 is 1.88 bits per heavy atom. The Bertz CT molecular complexity index is 1270. The lowest BCUT2D eigenvalue weighted by atomic mass is 10.0. The van der Waals surface area contributed by atoms with Gasteiger partial charge in [-0.15, -0.1) is 11.3 Å². The number of nitrogens with one attached hydrogen (secondary N) is 2. The number of anilines is 1. The lowest BCUT2D eigenvalue weighted by Gasteiger charge is -2.36. The van der Waals surface area contributed by atoms with Crippen molar-refractivity contribution >= 4 is 48.9 Å². The summed E-state index contributed by atoms with van der Waals surface area (Å²) in [5.41, 5.74) is 0.523. The fourth-order valence-electron chi connectivity index (χ4n) is 4.03. The van der Waals surface area contributed by atoms with E-state index >= 15 is 0 Å². The third-order valence-corrected chi connectivity index (χ3v) is 8.86. The summed E-state index contributed by atoms with van der Waals surface area (Å²) in [5, 5.41) is 6.68. The van der Waals surface area contributed by atoms with E-state index in [4.69, 9.17) is 0 Å². The van der Waals surface area contributed by atoms with Crippen molar-refractivity contribution in [2.75, 3.05) is 11.9 Å². The van der Waals surface area contributed by atoms with Gasteiger partial charge in [0.1, 0.15) is 0 Å². The first-order valence-electron chi connectivity index (χ1n) is 10.6. The van der Waals surface area contributed by atoms with Gasteiger partial charge in [-0.1, -0.05) is 24.8 Å². The second-order valence-corrected chi connectivity index (χ2v) is 11.0. The summed E-state index contributed by atoms with van der Waals surface area (Å²) in [6, 6.07) is 15.5. The first-order valence-corrected chi connectivity index (χ1v) is 12.9. The quantitative estimate of drug-likeness (QED) is 0.518. The van der Waals surface area contributed by atoms with Gasteiger partial charge in [-0.25, -0.2) is 8.42 Å². The van der Waals surface area contributed by atoms with Crippen LogP contribution in [0.5, 0.6) is 0 Å². The average molecular weight is 484 g/mol. The summed E-state index contributed by atoms with van der Waals surface area (Å²) in [6.45, 7) is 5.60. The molecule has 2 atom stereocenters. The van der Waals surface area contributed by atoms with E-state index in [9.17, 15) is 18.0 Å². The predicted molar refractivity (Wildman–Crippen MR) is 131 cm³/mol. The molecule has 0 spiro atoms. The molecule has 0 bridgehead atoms. The molecule has 4 rings (SSSR count). The monoisotopic (exact) mass is 483 g/mol. The van der Waals surface area contributed by atoms with E-state index in [0.29, 0.717) is 30.0 Å². The van der Waals surface area contributed by atoms with E-state index in [-0.39, 0.29) is 28.8 Å². The molecule has 2 aromatic carbocycles. The zero-order valence-corrected chi connectivity index (χ0v) is 19.8. The fraction of sp³-hybridized carbons (Fsp3) is 0.250. The van der Waals surface area contributed by atoms with Crippen LogP contribution in [-0.2, 0) is 14.8 Å². The molecule has 2 N–H and O–H groups in total. The van der Waals surface area contributed by atoms with Crippen molar-refractivity contribution in [3.63, 3.8) is 0 Å². The van der Waals surface area contributed by atoms with Gasteiger partial charge in [0.15, 0.2) is 0 Å². The van der Waals surface area contributed by atoms with Crippen LogP contribution in [0.25, 0.3) is 10.1 Å². The maximum Gasteiger partial charge on any atom is 0.265 e. The first-order chi connectivity index (χ1) is 15.8. The van der Waals surface area contributed by atoms with Crippen molar-refractivity contribution in [3.8, 4) is 0 Å². The summed E-state index contributed by atoms with van der Waals surface area (Å²) < 4.78 is 28.8. The molecule has 7 nitrogen and oxygen atoms in total. The number of rotatable bonds is 6. The van der Waals surface area contributed by atoms with Crippen molar-refractivity contribution in [1.82, 2.24) is 9.62 Å². The predicted octanol–water partition coefficient (Wildman–Crippen LogP) is 4.00. The smallest absolute Gasteiger partial charge is 0.265 e. The first kappa shape index (κ1) is 23.2. The summed E-state index contributed by atoms with van der Waals surface area (Å²) >= 11 is 1.41. The average Bonchev–Trinajstić information content (AvgIpc) is 3.24. The van der Waals surface area contributed by atoms with Crippen LogP contribution >= 0.6 is 11.3 Å². The van der Waals surface area contributed by atoms with Crippen molar-refractivity contribution in [2.45, 2.75) is 36.7 Å². The molecule has 0 saturated carbocycles. The zero-order valence-electron chi connectivity index (χ0n) is 18.2. The second-order valence-electron chi connectivity index (χ2n) is 8.03. The number of sulfonamides is 1. The largest absolute Gasteiger partial charge is 0.350 e. The van der Waals surface area contributed by atoms with Crippen molar-refractivity contribution in [3.05, 3.63) is 72.1 Å². The Kier molecular flexibility index (Phi) is 6.64. The standard InChI is InChI=1S/C24H25N3O4S2/c1-3-23(28)25-19-12-13-27(16(2)14-19)33(30,31)20-10-8-18(9-11-20)26-24(29)22-15-17-6-4-5-7-21(17)32-22/h3-11,15-16,19H,1,12-14H2,2H3,(H,25,28)(H,26,29). The van der Waals surface area contributed by atoms with E-state index in [1.165, 1.54) is 33.9 Å². The van der Waals surface area contributed by atoms with Crippen LogP contribution in [0.3, 0.4) is 0 Å². The minimum atomic E-state index is -3.69. The molecule has 0 aliphatic carbocycles. The summed E-state index contributed by atoms with van der Waals surface area (Å²) in [7, 11) is -3.69. The van der Waals surface area contributed by atoms with Crippen LogP contribution in [0.2, 0.25) is 0 Å². The Balaban J connectivity index is 1.43. The van der Waals surface area contributed by atoms with Gasteiger partial charge in [0.2, 0.25) is 15.9 Å². The van der Waals surface area contributed by atoms with Crippen molar-refractivity contribution in [1.29, 1.82) is 0 Å². The van der Waals surface area contributed by atoms with Crippen LogP contribution in [-0.4, -0.2) is 43.2 Å². The number of carbonyl (C=O) groups excluding carboxylic acids is 2. The highest BCUT2D eigenvalue weighted by molar-refractivity contribution is 7.89. The molecule has 33 heavy (non-hydrogen) atoms. The van der Waals surface area contributed by atoms with Gasteiger partial charge >= 0.3 is 0 Å². The molecule has 3 aromatic rings. The molecule has 2 amide bonds. The van der Waals surface area contributed by atoms with E-state index in [1.54, 1.807) is 12.1 Å². The van der Waals surface area contributed by atoms with Crippen LogP contribution in [0.15, 0.2) is 72.1 Å². The Hall–Kier alpha value is -3.01. The van der Waals surface area contributed by atoms with Crippen LogP contribution < -0.4 is 10.6 Å². The summed E-state index contributed by atoms with van der Waals surface area (Å²) in [4.78, 5) is 24.9. The fourth-order valence-corrected chi connectivity index (χ4v) is 6.65. The minimum Gasteiger partial charge on any atom is -0.350 e. The number of nitrogens with zero attached hydrogens (tertiary/aromatic N) is 1. The topological polar surface area (TPSA) is 95.6 Å². The van der Waals surface area contributed by atoms with Gasteiger partial charge in [0.25, 0.3) is 5.91 Å². The number of hydrogen-bond donors (Lipinski definition) is 2. The maximum absolute atomic E-state index is 13.2. The van der Waals surface area contributed by atoms with Crippen LogP contribution in [0.1, 0.15) is 29.4 Å². The number of fused-ring (bicyclic) bond motifs is 1. The molecular formula is C24H25N3O4S2. The molecule has 1 aliphatic rings. The van der Waals surface area contributed by atoms with Gasteiger partial charge in [-0.05, 0) is 67.6 Å². The van der Waals surface area contributed by atoms with Gasteiger partial charge in [0, 0.05) is 29.0 Å². The molecule has 0 radical (unpaired) electrons. The third-order valence-electron chi connectivity index (χ3n) is 5.72. The SMILES string of the molecule is C=CC(=O)NC1CCN(S(=O)(=O)c2ccc(NC(=O)c3cc4ccccc4s3)cc2)C(C)C1. The minimum absolute atomic E-state index is 0.0801. The van der Waals surface area contributed by atoms with Gasteiger partial charge < -0.3 is 10.6 Å². The Morgan fingerprint density at radius 3 is 2.55 bits per heavy atom. The zero-order chi connectivity index (χ0) is 23.6. The molecule has 1 fully saturated rings. The molecule has 2 heterocycles. The Labute approximate surface area is 197 Å². The van der Waals surface area contributed by atoms with Gasteiger partial charge in [-0.3, -0.25) is 9.59 Å². The molecule has 172 valence electrons. The molecule has 1 saturated heterocycles. The summed E-state index contributed by atoms with van der Waals surface area (Å²) in [5.74, 6) is -0.485. The highest BCUT2D eigenvalue weighted by Crippen LogP contribution is 2.28. The summed E-state index contributed by atoms with van der Waals surface area (Å²) in [6.07, 6.45) is 2.28. The van der Waals surface area contributed by atoms with Crippen LogP contribution in [0, 0.1) is 0 Å². The highest BCUT2D eigenvalue weighted by Gasteiger charge is 2.34. The molecule has 1 aliphatic heterocycles. The Morgan fingerprint density at radius 1 is 1.15 bits per heavy atom. The lowest BCUT2D eigenvalue weighted by molar-refractivity contribution is -0.117. The molecule has 1 aromatic heterocycles. The number of hydrogen-bond acceptors (Lipinski definition) is 5. The number of carbonyl (C=O) groups is 2. The van der Waals surface area contributed by atoms with E-state index in [1.807, 2.05) is 37.3 Å². The van der Waals surface area contributed by atoms with E-state index < -0.39 is 10.0 Å². The van der Waals surface area contributed by atoms with E-state index in [0.717, 1.165) is 10.1 Å². The lowest BCUT2D eigenvalue weighted by Crippen LogP contribution is -2.50. The van der Waals surface area contributed by atoms with Gasteiger partial charge in [0.05, 0.1) is 9.77 Å². The number of thiophene rings is 1. The number of piperidine rings is 1. The highest BCUT2D eigenvalue weighted by atomic mass is 32.2. The number of benzene rings is 2. The van der Waals surface area contributed by atoms with E-state index in [2.05, 4.69) is 17.2 Å². The second kappa shape index (κ2) is 9.46.